The molecule has 0 amide bonds. The Balaban J connectivity index is 2.61. The zero-order valence-electron chi connectivity index (χ0n) is 10.6. The van der Waals surface area contributed by atoms with E-state index in [9.17, 15) is 9.59 Å². The van der Waals surface area contributed by atoms with Crippen molar-refractivity contribution < 1.29 is 9.53 Å². The van der Waals surface area contributed by atoms with E-state index in [2.05, 4.69) is 4.98 Å². The normalized spacial score (nSPS) is 10.9. The zero-order chi connectivity index (χ0) is 14.0. The van der Waals surface area contributed by atoms with Crippen molar-refractivity contribution in [1.82, 2.24) is 9.38 Å². The Bertz CT molecular complexity index is 677. The summed E-state index contributed by atoms with van der Waals surface area (Å²) in [4.78, 5) is 29.7. The molecule has 5 nitrogen and oxygen atoms in total. The van der Waals surface area contributed by atoms with Crippen LogP contribution in [0.25, 0.3) is 4.96 Å². The van der Waals surface area contributed by atoms with E-state index in [1.165, 1.54) is 21.9 Å². The van der Waals surface area contributed by atoms with Crippen molar-refractivity contribution in [2.24, 2.45) is 0 Å². The fourth-order valence-corrected chi connectivity index (χ4v) is 3.16. The monoisotopic (exact) mass is 300 g/mol. The van der Waals surface area contributed by atoms with Crippen LogP contribution in [0.1, 0.15) is 27.9 Å². The first kappa shape index (κ1) is 14.0. The van der Waals surface area contributed by atoms with Crippen molar-refractivity contribution >= 4 is 33.9 Å². The van der Waals surface area contributed by atoms with Crippen LogP contribution >= 0.6 is 22.9 Å². The van der Waals surface area contributed by atoms with Crippen molar-refractivity contribution in [2.75, 3.05) is 12.5 Å². The quantitative estimate of drug-likeness (QED) is 0.640. The predicted octanol–water partition coefficient (Wildman–Crippen LogP) is 2.02. The number of fused-ring (bicyclic) bond motifs is 1. The maximum Gasteiger partial charge on any atom is 0.345 e. The highest BCUT2D eigenvalue weighted by Gasteiger charge is 2.18. The van der Waals surface area contributed by atoms with Crippen LogP contribution in [0.2, 0.25) is 0 Å². The summed E-state index contributed by atoms with van der Waals surface area (Å²) in [6, 6.07) is 0. The van der Waals surface area contributed by atoms with Crippen LogP contribution in [0.3, 0.4) is 0 Å². The van der Waals surface area contributed by atoms with Crippen LogP contribution in [0.15, 0.2) is 11.0 Å². The molecule has 0 radical (unpaired) electrons. The van der Waals surface area contributed by atoms with Crippen molar-refractivity contribution in [2.45, 2.75) is 20.3 Å². The van der Waals surface area contributed by atoms with Gasteiger partial charge >= 0.3 is 5.97 Å². The van der Waals surface area contributed by atoms with Gasteiger partial charge in [-0.15, -0.1) is 22.9 Å². The van der Waals surface area contributed by atoms with Crippen LogP contribution in [0.5, 0.6) is 0 Å². The van der Waals surface area contributed by atoms with E-state index >= 15 is 0 Å². The first-order chi connectivity index (χ1) is 9.10. The highest BCUT2D eigenvalue weighted by Crippen LogP contribution is 2.20. The number of thiazole rings is 1. The summed E-state index contributed by atoms with van der Waals surface area (Å²) in [6.45, 7) is 3.74. The Morgan fingerprint density at radius 2 is 2.32 bits per heavy atom. The molecule has 0 unspecified atom stereocenters. The third kappa shape index (κ3) is 2.50. The number of hydrogen-bond donors (Lipinski definition) is 0. The minimum atomic E-state index is -0.640. The molecule has 7 heteroatoms. The van der Waals surface area contributed by atoms with Gasteiger partial charge in [0.1, 0.15) is 5.56 Å². The summed E-state index contributed by atoms with van der Waals surface area (Å²) in [5, 5.41) is 0. The molecule has 0 atom stereocenters. The molecule has 0 N–H and O–H groups in total. The molecular formula is C12H13ClN2O3S. The number of carbonyl (C=O) groups is 1. The van der Waals surface area contributed by atoms with Gasteiger partial charge in [0.05, 0.1) is 12.8 Å². The number of carbonyl (C=O) groups excluding carboxylic acids is 1. The van der Waals surface area contributed by atoms with Crippen LogP contribution in [0, 0.1) is 6.92 Å². The van der Waals surface area contributed by atoms with Crippen molar-refractivity contribution in [1.29, 1.82) is 0 Å². The molecule has 19 heavy (non-hydrogen) atoms. The predicted molar refractivity (Wildman–Crippen MR) is 74.5 cm³/mol. The molecule has 0 aromatic carbocycles. The van der Waals surface area contributed by atoms with Gasteiger partial charge in [0.15, 0.2) is 4.96 Å². The smallest absolute Gasteiger partial charge is 0.345 e. The second kappa shape index (κ2) is 5.71. The van der Waals surface area contributed by atoms with E-state index in [0.29, 0.717) is 17.3 Å². The Labute approximate surface area is 118 Å². The van der Waals surface area contributed by atoms with E-state index in [4.69, 9.17) is 16.3 Å². The molecule has 0 bridgehead atoms. The lowest BCUT2D eigenvalue weighted by Crippen LogP contribution is -2.24. The van der Waals surface area contributed by atoms with Gasteiger partial charge in [0, 0.05) is 16.5 Å². The van der Waals surface area contributed by atoms with Gasteiger partial charge in [0.2, 0.25) is 0 Å². The summed E-state index contributed by atoms with van der Waals surface area (Å²) in [5.41, 5.74) is 0.347. The number of hydrogen-bond acceptors (Lipinski definition) is 5. The first-order valence-electron chi connectivity index (χ1n) is 5.83. The summed E-state index contributed by atoms with van der Waals surface area (Å²) < 4.78 is 6.29. The summed E-state index contributed by atoms with van der Waals surface area (Å²) in [5.74, 6) is -0.161. The van der Waals surface area contributed by atoms with Crippen molar-refractivity contribution in [3.63, 3.8) is 0 Å². The van der Waals surface area contributed by atoms with Crippen molar-refractivity contribution in [3.05, 3.63) is 32.7 Å². The van der Waals surface area contributed by atoms with Gasteiger partial charge in [-0.2, -0.15) is 0 Å². The Morgan fingerprint density at radius 1 is 1.58 bits per heavy atom. The number of ether oxygens (including phenoxy) is 1. The Morgan fingerprint density at radius 3 is 2.95 bits per heavy atom. The minimum absolute atomic E-state index is 0.0438. The Kier molecular flexibility index (Phi) is 4.21. The van der Waals surface area contributed by atoms with Gasteiger partial charge in [-0.1, -0.05) is 0 Å². The highest BCUT2D eigenvalue weighted by molar-refractivity contribution is 7.17. The molecule has 0 aliphatic rings. The number of aryl methyl sites for hydroxylation is 2. The third-order valence-corrected chi connectivity index (χ3v) is 4.10. The van der Waals surface area contributed by atoms with Gasteiger partial charge in [-0.25, -0.2) is 9.78 Å². The third-order valence-electron chi connectivity index (χ3n) is 2.70. The minimum Gasteiger partial charge on any atom is -0.462 e. The van der Waals surface area contributed by atoms with E-state index in [0.717, 1.165) is 10.6 Å². The van der Waals surface area contributed by atoms with Crippen LogP contribution in [-0.4, -0.2) is 27.8 Å². The lowest BCUT2D eigenvalue weighted by atomic mass is 10.3. The first-order valence-corrected chi connectivity index (χ1v) is 7.18. The second-order valence-electron chi connectivity index (χ2n) is 3.87. The molecule has 0 fully saturated rings. The molecule has 0 aliphatic carbocycles. The standard InChI is InChI=1S/C12H13ClN2O3S/c1-3-18-11(17)8-6-14-12-15(10(8)16)7(2)9(19-12)4-5-13/h6H,3-5H2,1-2H3. The molecular weight excluding hydrogens is 288 g/mol. The number of aromatic nitrogens is 2. The summed E-state index contributed by atoms with van der Waals surface area (Å²) in [6.07, 6.45) is 1.95. The van der Waals surface area contributed by atoms with Crippen LogP contribution in [0.4, 0.5) is 0 Å². The molecule has 2 aromatic rings. The number of rotatable bonds is 4. The van der Waals surface area contributed by atoms with Crippen molar-refractivity contribution in [3.8, 4) is 0 Å². The molecule has 0 saturated carbocycles. The average molecular weight is 301 g/mol. The molecule has 102 valence electrons. The molecule has 2 rings (SSSR count). The van der Waals surface area contributed by atoms with E-state index in [1.54, 1.807) is 6.92 Å². The largest absolute Gasteiger partial charge is 0.462 e. The lowest BCUT2D eigenvalue weighted by Gasteiger charge is -2.02. The van der Waals surface area contributed by atoms with Gasteiger partial charge in [-0.05, 0) is 20.3 Å². The fourth-order valence-electron chi connectivity index (χ4n) is 1.78. The lowest BCUT2D eigenvalue weighted by molar-refractivity contribution is 0.0523. The van der Waals surface area contributed by atoms with E-state index in [-0.39, 0.29) is 12.2 Å². The van der Waals surface area contributed by atoms with Gasteiger partial charge in [-0.3, -0.25) is 9.20 Å². The molecule has 2 heterocycles. The molecule has 0 aliphatic heterocycles. The van der Waals surface area contributed by atoms with Crippen LogP contribution in [-0.2, 0) is 11.2 Å². The maximum absolute atomic E-state index is 12.3. The van der Waals surface area contributed by atoms with E-state index in [1.807, 2.05) is 6.92 Å². The van der Waals surface area contributed by atoms with E-state index < -0.39 is 11.5 Å². The Hall–Kier alpha value is -1.40. The fraction of sp³-hybridized carbons (Fsp3) is 0.417. The number of alkyl halides is 1. The number of esters is 1. The van der Waals surface area contributed by atoms with Crippen LogP contribution < -0.4 is 5.56 Å². The SMILES string of the molecule is CCOC(=O)c1cnc2sc(CCCl)c(C)n2c1=O. The van der Waals surface area contributed by atoms with Gasteiger partial charge in [0.25, 0.3) is 5.56 Å². The average Bonchev–Trinajstić information content (AvgIpc) is 2.68. The zero-order valence-corrected chi connectivity index (χ0v) is 12.2. The molecule has 0 saturated heterocycles. The topological polar surface area (TPSA) is 60.7 Å². The summed E-state index contributed by atoms with van der Waals surface area (Å²) >= 11 is 7.13. The molecule has 0 spiro atoms. The maximum atomic E-state index is 12.3. The number of halogens is 1. The highest BCUT2D eigenvalue weighted by atomic mass is 35.5. The summed E-state index contributed by atoms with van der Waals surface area (Å²) in [7, 11) is 0. The molecule has 2 aromatic heterocycles. The van der Waals surface area contributed by atoms with Gasteiger partial charge < -0.3 is 4.74 Å². The second-order valence-corrected chi connectivity index (χ2v) is 5.31. The number of nitrogens with zero attached hydrogens (tertiary/aromatic N) is 2.